The first-order valence-corrected chi connectivity index (χ1v) is 6.18. The van der Waals surface area contributed by atoms with Gasteiger partial charge >= 0.3 is 0 Å². The van der Waals surface area contributed by atoms with Gasteiger partial charge in [0.1, 0.15) is 0 Å². The third kappa shape index (κ3) is 2.13. The summed E-state index contributed by atoms with van der Waals surface area (Å²) in [5.74, 6) is 3.05. The van der Waals surface area contributed by atoms with Crippen LogP contribution in [0.4, 0.5) is 0 Å². The molecule has 1 heteroatoms. The normalized spacial score (nSPS) is 39.0. The molecule has 0 aromatic carbocycles. The molecule has 0 spiro atoms. The van der Waals surface area contributed by atoms with Crippen LogP contribution in [0.15, 0.2) is 0 Å². The zero-order valence-electron chi connectivity index (χ0n) is 10.2. The fraction of sp³-hybridized carbons (Fsp3) is 1.00. The molecule has 0 radical (unpaired) electrons. The summed E-state index contributed by atoms with van der Waals surface area (Å²) in [4.78, 5) is 2.70. The van der Waals surface area contributed by atoms with Gasteiger partial charge in [-0.25, -0.2) is 0 Å². The van der Waals surface area contributed by atoms with Gasteiger partial charge in [0.05, 0.1) is 0 Å². The number of nitrogens with zero attached hydrogens (tertiary/aromatic N) is 1. The van der Waals surface area contributed by atoms with Crippen LogP contribution in [-0.4, -0.2) is 24.5 Å². The largest absolute Gasteiger partial charge is 0.302 e. The van der Waals surface area contributed by atoms with Crippen molar-refractivity contribution in [2.45, 2.75) is 40.5 Å². The summed E-state index contributed by atoms with van der Waals surface area (Å²) in [6.45, 7) is 13.5. The van der Waals surface area contributed by atoms with Gasteiger partial charge in [0, 0.05) is 19.6 Å². The first-order chi connectivity index (χ1) is 6.46. The minimum atomic E-state index is 0.474. The Morgan fingerprint density at radius 3 is 2.43 bits per heavy atom. The van der Waals surface area contributed by atoms with E-state index in [2.05, 4.69) is 32.6 Å². The van der Waals surface area contributed by atoms with Gasteiger partial charge in [-0.1, -0.05) is 34.1 Å². The van der Waals surface area contributed by atoms with Crippen LogP contribution in [0.5, 0.6) is 0 Å². The van der Waals surface area contributed by atoms with E-state index in [9.17, 15) is 0 Å². The quantitative estimate of drug-likeness (QED) is 0.621. The Hall–Kier alpha value is -0.0400. The molecular weight excluding hydrogens is 170 g/mol. The Morgan fingerprint density at radius 2 is 1.86 bits per heavy atom. The highest BCUT2D eigenvalue weighted by molar-refractivity contribution is 4.92. The average molecular weight is 195 g/mol. The predicted octanol–water partition coefficient (Wildman–Crippen LogP) is 3.01. The van der Waals surface area contributed by atoms with E-state index >= 15 is 0 Å². The number of likely N-dealkylation sites (tertiary alicyclic amines) is 1. The second-order valence-corrected chi connectivity index (χ2v) is 6.73. The third-order valence-corrected chi connectivity index (χ3v) is 3.99. The van der Waals surface area contributed by atoms with Crippen molar-refractivity contribution >= 4 is 0 Å². The zero-order chi connectivity index (χ0) is 10.3. The number of hydrogen-bond acceptors (Lipinski definition) is 1. The van der Waals surface area contributed by atoms with Crippen LogP contribution in [0.3, 0.4) is 0 Å². The van der Waals surface area contributed by atoms with Gasteiger partial charge in [0.2, 0.25) is 0 Å². The van der Waals surface area contributed by atoms with E-state index in [1.807, 2.05) is 0 Å². The van der Waals surface area contributed by atoms with Crippen LogP contribution < -0.4 is 0 Å². The van der Waals surface area contributed by atoms with Crippen LogP contribution in [0, 0.1) is 23.2 Å². The van der Waals surface area contributed by atoms with Crippen molar-refractivity contribution in [1.82, 2.24) is 4.90 Å². The molecule has 2 rings (SSSR count). The van der Waals surface area contributed by atoms with Crippen LogP contribution >= 0.6 is 0 Å². The Morgan fingerprint density at radius 1 is 1.14 bits per heavy atom. The van der Waals surface area contributed by atoms with Crippen molar-refractivity contribution in [1.29, 1.82) is 0 Å². The van der Waals surface area contributed by atoms with Gasteiger partial charge < -0.3 is 4.90 Å². The molecule has 1 aliphatic heterocycles. The molecule has 0 aromatic rings. The zero-order valence-corrected chi connectivity index (χ0v) is 10.2. The van der Waals surface area contributed by atoms with E-state index in [0.717, 1.165) is 17.8 Å². The second-order valence-electron chi connectivity index (χ2n) is 6.73. The van der Waals surface area contributed by atoms with Gasteiger partial charge in [-0.3, -0.25) is 0 Å². The van der Waals surface area contributed by atoms with Crippen molar-refractivity contribution < 1.29 is 0 Å². The molecule has 2 aliphatic rings. The Balaban J connectivity index is 1.90. The molecule has 1 saturated heterocycles. The topological polar surface area (TPSA) is 3.24 Å². The monoisotopic (exact) mass is 195 g/mol. The highest BCUT2D eigenvalue weighted by Crippen LogP contribution is 2.42. The van der Waals surface area contributed by atoms with Crippen LogP contribution in [-0.2, 0) is 0 Å². The van der Waals surface area contributed by atoms with Gasteiger partial charge in [0.15, 0.2) is 0 Å². The van der Waals surface area contributed by atoms with E-state index in [4.69, 9.17) is 0 Å². The van der Waals surface area contributed by atoms with Gasteiger partial charge in [-0.15, -0.1) is 0 Å². The van der Waals surface area contributed by atoms with Crippen molar-refractivity contribution in [2.75, 3.05) is 19.6 Å². The lowest BCUT2D eigenvalue weighted by molar-refractivity contribution is 0.208. The maximum atomic E-state index is 2.70. The summed E-state index contributed by atoms with van der Waals surface area (Å²) in [5.41, 5.74) is 0.474. The molecule has 0 aromatic heterocycles. The third-order valence-electron chi connectivity index (χ3n) is 3.99. The molecule has 3 atom stereocenters. The van der Waals surface area contributed by atoms with Gasteiger partial charge in [-0.05, 0) is 29.6 Å². The van der Waals surface area contributed by atoms with E-state index in [-0.39, 0.29) is 0 Å². The maximum Gasteiger partial charge on any atom is 0.00303 e. The Kier molecular flexibility index (Phi) is 2.63. The van der Waals surface area contributed by atoms with Crippen molar-refractivity contribution in [3.63, 3.8) is 0 Å². The number of rotatable bonds is 1. The van der Waals surface area contributed by atoms with Crippen molar-refractivity contribution in [3.8, 4) is 0 Å². The number of fused-ring (bicyclic) bond motifs is 1. The smallest absolute Gasteiger partial charge is 0.00303 e. The molecular formula is C13H25N. The lowest BCUT2D eigenvalue weighted by atomic mass is 9.94. The summed E-state index contributed by atoms with van der Waals surface area (Å²) in [5, 5.41) is 0. The summed E-state index contributed by atoms with van der Waals surface area (Å²) in [6.07, 6.45) is 2.98. The SMILES string of the molecule is CC1CCC2CN(CC(C)(C)C)CC12. The molecule has 0 bridgehead atoms. The van der Waals surface area contributed by atoms with Crippen LogP contribution in [0.2, 0.25) is 0 Å². The van der Waals surface area contributed by atoms with Gasteiger partial charge in [0.25, 0.3) is 0 Å². The standard InChI is InChI=1S/C13H25N/c1-10-5-6-11-7-14(8-12(10)11)9-13(2,3)4/h10-12H,5-9H2,1-4H3. The second kappa shape index (κ2) is 3.52. The molecule has 14 heavy (non-hydrogen) atoms. The molecule has 82 valence electrons. The summed E-state index contributed by atoms with van der Waals surface area (Å²) >= 11 is 0. The lowest BCUT2D eigenvalue weighted by Crippen LogP contribution is -2.31. The van der Waals surface area contributed by atoms with Crippen molar-refractivity contribution in [2.24, 2.45) is 23.2 Å². The maximum absolute atomic E-state index is 2.70. The molecule has 1 aliphatic carbocycles. The average Bonchev–Trinajstić information content (AvgIpc) is 2.51. The molecule has 0 N–H and O–H groups in total. The molecule has 3 unspecified atom stereocenters. The summed E-state index contributed by atoms with van der Waals surface area (Å²) in [7, 11) is 0. The van der Waals surface area contributed by atoms with E-state index in [1.54, 1.807) is 0 Å². The minimum absolute atomic E-state index is 0.474. The predicted molar refractivity (Wildman–Crippen MR) is 61.3 cm³/mol. The van der Waals surface area contributed by atoms with E-state index in [1.165, 1.54) is 32.5 Å². The molecule has 0 amide bonds. The molecule has 1 nitrogen and oxygen atoms in total. The highest BCUT2D eigenvalue weighted by atomic mass is 15.2. The number of hydrogen-bond donors (Lipinski definition) is 0. The Labute approximate surface area is 88.9 Å². The van der Waals surface area contributed by atoms with Crippen molar-refractivity contribution in [3.05, 3.63) is 0 Å². The van der Waals surface area contributed by atoms with E-state index in [0.29, 0.717) is 5.41 Å². The fourth-order valence-corrected chi connectivity index (χ4v) is 3.43. The molecule has 1 saturated carbocycles. The highest BCUT2D eigenvalue weighted by Gasteiger charge is 2.40. The van der Waals surface area contributed by atoms with Gasteiger partial charge in [-0.2, -0.15) is 0 Å². The summed E-state index contributed by atoms with van der Waals surface area (Å²) < 4.78 is 0. The Bertz CT molecular complexity index is 204. The molecule has 1 heterocycles. The molecule has 2 fully saturated rings. The lowest BCUT2D eigenvalue weighted by Gasteiger charge is -2.27. The van der Waals surface area contributed by atoms with E-state index < -0.39 is 0 Å². The minimum Gasteiger partial charge on any atom is -0.302 e. The first-order valence-electron chi connectivity index (χ1n) is 6.18. The van der Waals surface area contributed by atoms with Crippen LogP contribution in [0.1, 0.15) is 40.5 Å². The first kappa shape index (κ1) is 10.5. The van der Waals surface area contributed by atoms with Crippen LogP contribution in [0.25, 0.3) is 0 Å². The summed E-state index contributed by atoms with van der Waals surface area (Å²) in [6, 6.07) is 0. The fourth-order valence-electron chi connectivity index (χ4n) is 3.43.